The van der Waals surface area contributed by atoms with Crippen molar-refractivity contribution in [1.29, 1.82) is 0 Å². The number of benzene rings is 1. The number of fused-ring (bicyclic) bond motifs is 2. The highest BCUT2D eigenvalue weighted by Gasteiger charge is 2.40. The molecular formula is C23H33N3O2. The maximum Gasteiger partial charge on any atom is 0.246 e. The second-order valence-electron chi connectivity index (χ2n) is 8.62. The first-order valence-electron chi connectivity index (χ1n) is 10.6. The quantitative estimate of drug-likeness (QED) is 0.749. The Hall–Kier alpha value is -1.85. The molecular weight excluding hydrogens is 350 g/mol. The fraction of sp³-hybridized carbons (Fsp3) is 0.609. The second-order valence-corrected chi connectivity index (χ2v) is 8.62. The van der Waals surface area contributed by atoms with Gasteiger partial charge in [0.1, 0.15) is 5.75 Å². The number of rotatable bonds is 4. The largest absolute Gasteiger partial charge is 0.496 e. The average molecular weight is 384 g/mol. The molecule has 2 unspecified atom stereocenters. The van der Waals surface area contributed by atoms with Gasteiger partial charge in [-0.15, -0.1) is 0 Å². The van der Waals surface area contributed by atoms with Crippen molar-refractivity contribution in [3.05, 3.63) is 35.4 Å². The van der Waals surface area contributed by atoms with Crippen LogP contribution in [0.1, 0.15) is 36.8 Å². The summed E-state index contributed by atoms with van der Waals surface area (Å²) in [4.78, 5) is 19.9. The lowest BCUT2D eigenvalue weighted by Gasteiger charge is -2.44. The summed E-state index contributed by atoms with van der Waals surface area (Å²) >= 11 is 0. The van der Waals surface area contributed by atoms with E-state index in [-0.39, 0.29) is 5.91 Å². The maximum atomic E-state index is 12.7. The molecule has 2 bridgehead atoms. The zero-order chi connectivity index (χ0) is 19.7. The molecule has 0 aromatic heterocycles. The standard InChI is InChI=1S/C23H33N3O2/c1-17-4-8-22(28-3)18(14-17)5-9-23(27)26-12-10-25(11-13-26)21-15-19-6-7-20(16-21)24(19)2/h4-5,8-9,14,19-21H,6-7,10-13,15-16H2,1-3H3/b9-5+. The fourth-order valence-corrected chi connectivity index (χ4v) is 5.24. The molecule has 4 rings (SSSR count). The molecule has 0 saturated carbocycles. The highest BCUT2D eigenvalue weighted by atomic mass is 16.5. The molecule has 0 aliphatic carbocycles. The van der Waals surface area contributed by atoms with Crippen molar-refractivity contribution in [3.8, 4) is 5.75 Å². The van der Waals surface area contributed by atoms with Crippen LogP contribution >= 0.6 is 0 Å². The van der Waals surface area contributed by atoms with Gasteiger partial charge in [-0.25, -0.2) is 0 Å². The molecule has 3 saturated heterocycles. The molecule has 1 amide bonds. The van der Waals surface area contributed by atoms with E-state index in [1.54, 1.807) is 13.2 Å². The summed E-state index contributed by atoms with van der Waals surface area (Å²) in [5.74, 6) is 0.906. The lowest BCUT2D eigenvalue weighted by atomic mass is 9.96. The van der Waals surface area contributed by atoms with Crippen LogP contribution in [-0.4, -0.2) is 79.1 Å². The molecule has 28 heavy (non-hydrogen) atoms. The van der Waals surface area contributed by atoms with Crippen molar-refractivity contribution in [2.24, 2.45) is 0 Å². The minimum atomic E-state index is 0.103. The van der Waals surface area contributed by atoms with Crippen molar-refractivity contribution in [1.82, 2.24) is 14.7 Å². The predicted molar refractivity (Wildman–Crippen MR) is 113 cm³/mol. The normalized spacial score (nSPS) is 28.8. The molecule has 3 fully saturated rings. The number of nitrogens with zero attached hydrogens (tertiary/aromatic N) is 3. The van der Waals surface area contributed by atoms with E-state index in [0.717, 1.165) is 55.1 Å². The van der Waals surface area contributed by atoms with E-state index in [1.165, 1.54) is 25.7 Å². The molecule has 3 heterocycles. The number of carbonyl (C=O) groups excluding carboxylic acids is 1. The third kappa shape index (κ3) is 3.96. The molecule has 2 atom stereocenters. The van der Waals surface area contributed by atoms with Gasteiger partial charge in [-0.2, -0.15) is 0 Å². The summed E-state index contributed by atoms with van der Waals surface area (Å²) in [7, 11) is 3.96. The lowest BCUT2D eigenvalue weighted by molar-refractivity contribution is -0.128. The molecule has 0 spiro atoms. The fourth-order valence-electron chi connectivity index (χ4n) is 5.24. The van der Waals surface area contributed by atoms with Crippen molar-refractivity contribution >= 4 is 12.0 Å². The van der Waals surface area contributed by atoms with E-state index in [0.29, 0.717) is 6.04 Å². The van der Waals surface area contributed by atoms with Crippen LogP contribution in [0.15, 0.2) is 24.3 Å². The average Bonchev–Trinajstić information content (AvgIpc) is 2.92. The number of ether oxygens (including phenoxy) is 1. The predicted octanol–water partition coefficient (Wildman–Crippen LogP) is 2.79. The Labute approximate surface area is 168 Å². The summed E-state index contributed by atoms with van der Waals surface area (Å²) in [5, 5.41) is 0. The van der Waals surface area contributed by atoms with E-state index >= 15 is 0 Å². The number of hydrogen-bond acceptors (Lipinski definition) is 4. The summed E-state index contributed by atoms with van der Waals surface area (Å²) in [6.45, 7) is 5.71. The second kappa shape index (κ2) is 8.26. The van der Waals surface area contributed by atoms with E-state index in [2.05, 4.69) is 22.9 Å². The zero-order valence-corrected chi connectivity index (χ0v) is 17.4. The Morgan fingerprint density at radius 1 is 1.07 bits per heavy atom. The summed E-state index contributed by atoms with van der Waals surface area (Å²) < 4.78 is 5.40. The Kier molecular flexibility index (Phi) is 5.74. The molecule has 3 aliphatic rings. The topological polar surface area (TPSA) is 36.0 Å². The van der Waals surface area contributed by atoms with Gasteiger partial charge in [0.2, 0.25) is 5.91 Å². The van der Waals surface area contributed by atoms with Crippen LogP contribution in [-0.2, 0) is 4.79 Å². The first-order valence-corrected chi connectivity index (χ1v) is 10.6. The highest BCUT2D eigenvalue weighted by Crippen LogP contribution is 2.36. The van der Waals surface area contributed by atoms with Gasteiger partial charge in [0.15, 0.2) is 0 Å². The van der Waals surface area contributed by atoms with Crippen molar-refractivity contribution in [3.63, 3.8) is 0 Å². The minimum Gasteiger partial charge on any atom is -0.496 e. The van der Waals surface area contributed by atoms with E-state index in [9.17, 15) is 4.79 Å². The number of amides is 1. The molecule has 5 heteroatoms. The lowest BCUT2D eigenvalue weighted by Crippen LogP contribution is -2.55. The molecule has 152 valence electrons. The monoisotopic (exact) mass is 383 g/mol. The van der Waals surface area contributed by atoms with Gasteiger partial charge in [0.25, 0.3) is 0 Å². The Morgan fingerprint density at radius 3 is 2.39 bits per heavy atom. The molecule has 5 nitrogen and oxygen atoms in total. The van der Waals surface area contributed by atoms with Gasteiger partial charge < -0.3 is 14.5 Å². The minimum absolute atomic E-state index is 0.103. The van der Waals surface area contributed by atoms with Gasteiger partial charge in [-0.05, 0) is 57.9 Å². The van der Waals surface area contributed by atoms with Gasteiger partial charge in [-0.1, -0.05) is 11.6 Å². The number of piperidine rings is 1. The number of aryl methyl sites for hydroxylation is 1. The van der Waals surface area contributed by atoms with Crippen molar-refractivity contribution in [2.45, 2.75) is 50.7 Å². The molecule has 1 aromatic rings. The van der Waals surface area contributed by atoms with Crippen LogP contribution in [0.3, 0.4) is 0 Å². The van der Waals surface area contributed by atoms with E-state index in [1.807, 2.05) is 30.0 Å². The Morgan fingerprint density at radius 2 is 1.75 bits per heavy atom. The first-order chi connectivity index (χ1) is 13.5. The van der Waals surface area contributed by atoms with E-state index < -0.39 is 0 Å². The van der Waals surface area contributed by atoms with Crippen LogP contribution in [0.2, 0.25) is 0 Å². The van der Waals surface area contributed by atoms with Gasteiger partial charge in [-0.3, -0.25) is 9.69 Å². The first kappa shape index (κ1) is 19.5. The van der Waals surface area contributed by atoms with Crippen molar-refractivity contribution in [2.75, 3.05) is 40.3 Å². The smallest absolute Gasteiger partial charge is 0.246 e. The Balaban J connectivity index is 1.31. The van der Waals surface area contributed by atoms with Crippen LogP contribution in [0, 0.1) is 6.92 Å². The molecule has 0 N–H and O–H groups in total. The number of methoxy groups -OCH3 is 1. The Bertz CT molecular complexity index is 725. The summed E-state index contributed by atoms with van der Waals surface area (Å²) in [5.41, 5.74) is 2.12. The number of piperazine rings is 1. The summed E-state index contributed by atoms with van der Waals surface area (Å²) in [6, 6.07) is 8.28. The van der Waals surface area contributed by atoms with Crippen LogP contribution in [0.5, 0.6) is 5.75 Å². The number of hydrogen-bond donors (Lipinski definition) is 0. The van der Waals surface area contributed by atoms with Gasteiger partial charge in [0.05, 0.1) is 7.11 Å². The zero-order valence-electron chi connectivity index (χ0n) is 17.4. The van der Waals surface area contributed by atoms with Crippen LogP contribution < -0.4 is 4.74 Å². The maximum absolute atomic E-state index is 12.7. The molecule has 0 radical (unpaired) electrons. The third-order valence-corrected chi connectivity index (χ3v) is 7.01. The van der Waals surface area contributed by atoms with Gasteiger partial charge in [0, 0.05) is 55.9 Å². The molecule has 3 aliphatic heterocycles. The highest BCUT2D eigenvalue weighted by molar-refractivity contribution is 5.92. The van der Waals surface area contributed by atoms with Crippen LogP contribution in [0.4, 0.5) is 0 Å². The SMILES string of the molecule is COc1ccc(C)cc1/C=C/C(=O)N1CCN(C2CC3CCC(C2)N3C)CC1. The van der Waals surface area contributed by atoms with E-state index in [4.69, 9.17) is 4.74 Å². The summed E-state index contributed by atoms with van der Waals surface area (Å²) in [6.07, 6.45) is 8.91. The number of carbonyl (C=O) groups is 1. The van der Waals surface area contributed by atoms with Gasteiger partial charge >= 0.3 is 0 Å². The molecule has 1 aromatic carbocycles. The van der Waals surface area contributed by atoms with Crippen molar-refractivity contribution < 1.29 is 9.53 Å². The van der Waals surface area contributed by atoms with Crippen LogP contribution in [0.25, 0.3) is 6.08 Å². The third-order valence-electron chi connectivity index (χ3n) is 7.01.